The van der Waals surface area contributed by atoms with Crippen LogP contribution in [0.1, 0.15) is 38.1 Å². The van der Waals surface area contributed by atoms with Crippen LogP contribution in [-0.2, 0) is 0 Å². The number of rotatable bonds is 4. The highest BCUT2D eigenvalue weighted by Crippen LogP contribution is 2.22. The first-order chi connectivity index (χ1) is 9.70. The van der Waals surface area contributed by atoms with Crippen molar-refractivity contribution in [3.8, 4) is 16.9 Å². The van der Waals surface area contributed by atoms with Crippen LogP contribution in [0.4, 0.5) is 0 Å². The molecule has 0 fully saturated rings. The fourth-order valence-electron chi connectivity index (χ4n) is 1.81. The Kier molecular flexibility index (Phi) is 6.51. The molecule has 20 heavy (non-hydrogen) atoms. The van der Waals surface area contributed by atoms with Crippen molar-refractivity contribution in [3.63, 3.8) is 0 Å². The summed E-state index contributed by atoms with van der Waals surface area (Å²) in [6.45, 7) is 8.22. The first kappa shape index (κ1) is 16.0. The minimum Gasteiger partial charge on any atom is -0.494 e. The van der Waals surface area contributed by atoms with E-state index in [1.54, 1.807) is 6.92 Å². The molecular weight excluding hydrogens is 248 g/mol. The van der Waals surface area contributed by atoms with Crippen LogP contribution in [0.3, 0.4) is 0 Å². The summed E-state index contributed by atoms with van der Waals surface area (Å²) < 4.78 is 5.40. The quantitative estimate of drug-likeness (QED) is 0.732. The highest BCUT2D eigenvalue weighted by Gasteiger charge is 2.01. The second kappa shape index (κ2) is 8.16. The van der Waals surface area contributed by atoms with Crippen molar-refractivity contribution in [2.75, 3.05) is 6.61 Å². The lowest BCUT2D eigenvalue weighted by Gasteiger charge is -2.05. The van der Waals surface area contributed by atoms with Gasteiger partial charge >= 0.3 is 0 Å². The first-order valence-corrected chi connectivity index (χ1v) is 7.05. The lowest BCUT2D eigenvalue weighted by Crippen LogP contribution is -1.92. The van der Waals surface area contributed by atoms with E-state index in [9.17, 15) is 4.79 Å². The minimum absolute atomic E-state index is 0.0910. The molecule has 0 heterocycles. The molecule has 0 saturated heterocycles. The van der Waals surface area contributed by atoms with Gasteiger partial charge in [0.25, 0.3) is 0 Å². The molecule has 0 radical (unpaired) electrons. The normalized spacial score (nSPS) is 9.40. The Balaban J connectivity index is 0.000000956. The van der Waals surface area contributed by atoms with Gasteiger partial charge in [-0.15, -0.1) is 0 Å². The molecule has 0 N–H and O–H groups in total. The van der Waals surface area contributed by atoms with Gasteiger partial charge in [0, 0.05) is 5.56 Å². The number of ketones is 1. The van der Waals surface area contributed by atoms with Crippen LogP contribution < -0.4 is 4.74 Å². The Bertz CT molecular complexity index is 524. The molecule has 2 nitrogen and oxygen atoms in total. The van der Waals surface area contributed by atoms with Crippen molar-refractivity contribution in [2.24, 2.45) is 0 Å². The van der Waals surface area contributed by atoms with Crippen molar-refractivity contribution >= 4 is 5.78 Å². The fourth-order valence-corrected chi connectivity index (χ4v) is 1.81. The van der Waals surface area contributed by atoms with Gasteiger partial charge in [-0.25, -0.2) is 0 Å². The highest BCUT2D eigenvalue weighted by molar-refractivity contribution is 5.94. The predicted molar refractivity (Wildman–Crippen MR) is 84.4 cm³/mol. The molecule has 0 aliphatic rings. The molecule has 0 spiro atoms. The first-order valence-electron chi connectivity index (χ1n) is 7.05. The van der Waals surface area contributed by atoms with E-state index in [1.807, 2.05) is 69.3 Å². The van der Waals surface area contributed by atoms with Crippen molar-refractivity contribution in [1.82, 2.24) is 0 Å². The zero-order chi connectivity index (χ0) is 15.0. The van der Waals surface area contributed by atoms with Crippen molar-refractivity contribution in [3.05, 3.63) is 54.1 Å². The van der Waals surface area contributed by atoms with Gasteiger partial charge in [0.05, 0.1) is 6.61 Å². The van der Waals surface area contributed by atoms with Crippen LogP contribution in [0.25, 0.3) is 11.1 Å². The number of carbonyl (C=O) groups is 1. The largest absolute Gasteiger partial charge is 0.494 e. The maximum atomic E-state index is 11.2. The van der Waals surface area contributed by atoms with E-state index in [-0.39, 0.29) is 5.78 Å². The molecule has 106 valence electrons. The zero-order valence-corrected chi connectivity index (χ0v) is 12.6. The molecule has 0 saturated carbocycles. The predicted octanol–water partition coefficient (Wildman–Crippen LogP) is 4.98. The monoisotopic (exact) mass is 270 g/mol. The molecule has 2 aromatic carbocycles. The average Bonchev–Trinajstić information content (AvgIpc) is 2.50. The van der Waals surface area contributed by atoms with Crippen molar-refractivity contribution < 1.29 is 9.53 Å². The Hall–Kier alpha value is -2.09. The number of carbonyl (C=O) groups excluding carboxylic acids is 1. The Morgan fingerprint density at radius 2 is 1.35 bits per heavy atom. The third-order valence-corrected chi connectivity index (χ3v) is 2.79. The highest BCUT2D eigenvalue weighted by atomic mass is 16.5. The third kappa shape index (κ3) is 4.23. The van der Waals surface area contributed by atoms with E-state index in [0.717, 1.165) is 22.4 Å². The van der Waals surface area contributed by atoms with Crippen LogP contribution in [0, 0.1) is 0 Å². The van der Waals surface area contributed by atoms with E-state index in [0.29, 0.717) is 6.61 Å². The second-order valence-electron chi connectivity index (χ2n) is 4.09. The maximum absolute atomic E-state index is 11.2. The minimum atomic E-state index is 0.0910. The Morgan fingerprint density at radius 3 is 1.75 bits per heavy atom. The summed E-state index contributed by atoms with van der Waals surface area (Å²) in [5, 5.41) is 0. The molecule has 0 atom stereocenters. The summed E-state index contributed by atoms with van der Waals surface area (Å²) in [7, 11) is 0. The van der Waals surface area contributed by atoms with Gasteiger partial charge in [-0.1, -0.05) is 50.2 Å². The van der Waals surface area contributed by atoms with E-state index in [1.165, 1.54) is 0 Å². The average molecular weight is 270 g/mol. The lowest BCUT2D eigenvalue weighted by molar-refractivity contribution is 0.101. The molecule has 2 aromatic rings. The van der Waals surface area contributed by atoms with Crippen LogP contribution in [-0.4, -0.2) is 12.4 Å². The van der Waals surface area contributed by atoms with Gasteiger partial charge in [0.1, 0.15) is 5.75 Å². The van der Waals surface area contributed by atoms with Crippen LogP contribution in [0.15, 0.2) is 48.5 Å². The van der Waals surface area contributed by atoms with Crippen LogP contribution in [0.5, 0.6) is 5.75 Å². The van der Waals surface area contributed by atoms with Gasteiger partial charge in [-0.3, -0.25) is 4.79 Å². The van der Waals surface area contributed by atoms with E-state index in [2.05, 4.69) is 0 Å². The van der Waals surface area contributed by atoms with E-state index in [4.69, 9.17) is 4.74 Å². The lowest BCUT2D eigenvalue weighted by atomic mass is 10.0. The summed E-state index contributed by atoms with van der Waals surface area (Å²) in [6.07, 6.45) is 0. The number of hydrogen-bond acceptors (Lipinski definition) is 2. The summed E-state index contributed by atoms with van der Waals surface area (Å²) in [6, 6.07) is 15.6. The summed E-state index contributed by atoms with van der Waals surface area (Å²) in [5.74, 6) is 0.967. The number of ether oxygens (including phenoxy) is 1. The molecule has 0 amide bonds. The molecule has 0 unspecified atom stereocenters. The third-order valence-electron chi connectivity index (χ3n) is 2.79. The summed E-state index contributed by atoms with van der Waals surface area (Å²) in [5.41, 5.74) is 2.96. The van der Waals surface area contributed by atoms with Gasteiger partial charge < -0.3 is 4.74 Å². The SMILES string of the molecule is CC.CCOc1ccc(-c2ccc(C(C)=O)cc2)cc1. The van der Waals surface area contributed by atoms with E-state index >= 15 is 0 Å². The van der Waals surface area contributed by atoms with Gasteiger partial charge in [0.15, 0.2) is 5.78 Å². The Morgan fingerprint density at radius 1 is 0.900 bits per heavy atom. The van der Waals surface area contributed by atoms with Crippen molar-refractivity contribution in [2.45, 2.75) is 27.7 Å². The molecule has 2 rings (SSSR count). The standard InChI is InChI=1S/C16H16O2.C2H6/c1-3-18-16-10-8-15(9-11-16)14-6-4-13(5-7-14)12(2)17;1-2/h4-11H,3H2,1-2H3;1-2H3. The molecular formula is C18H22O2. The second-order valence-corrected chi connectivity index (χ2v) is 4.09. The fraction of sp³-hybridized carbons (Fsp3) is 0.278. The Labute approximate surface area is 121 Å². The topological polar surface area (TPSA) is 26.3 Å². The van der Waals surface area contributed by atoms with Crippen LogP contribution in [0.2, 0.25) is 0 Å². The van der Waals surface area contributed by atoms with Gasteiger partial charge in [-0.05, 0) is 37.1 Å². The van der Waals surface area contributed by atoms with Crippen molar-refractivity contribution in [1.29, 1.82) is 0 Å². The number of benzene rings is 2. The summed E-state index contributed by atoms with van der Waals surface area (Å²) in [4.78, 5) is 11.2. The zero-order valence-electron chi connectivity index (χ0n) is 12.6. The maximum Gasteiger partial charge on any atom is 0.159 e. The molecule has 0 aromatic heterocycles. The van der Waals surface area contributed by atoms with Gasteiger partial charge in [-0.2, -0.15) is 0 Å². The number of Topliss-reactive ketones (excluding diaryl/α,β-unsaturated/α-hetero) is 1. The van der Waals surface area contributed by atoms with E-state index < -0.39 is 0 Å². The van der Waals surface area contributed by atoms with Gasteiger partial charge in [0.2, 0.25) is 0 Å². The molecule has 0 aliphatic carbocycles. The molecule has 2 heteroatoms. The smallest absolute Gasteiger partial charge is 0.159 e. The number of hydrogen-bond donors (Lipinski definition) is 0. The summed E-state index contributed by atoms with van der Waals surface area (Å²) >= 11 is 0. The molecule has 0 aliphatic heterocycles. The van der Waals surface area contributed by atoms with Crippen LogP contribution >= 0.6 is 0 Å². The molecule has 0 bridgehead atoms.